The molecule has 3 rings (SSSR count). The fourth-order valence-corrected chi connectivity index (χ4v) is 2.23. The molecule has 0 aliphatic carbocycles. The lowest BCUT2D eigenvalue weighted by Crippen LogP contribution is -2.09. The Morgan fingerprint density at radius 2 is 1.80 bits per heavy atom. The largest absolute Gasteiger partial charge is 0.324 e. The topological polar surface area (TPSA) is 78.7 Å². The van der Waals surface area contributed by atoms with Gasteiger partial charge in [0.1, 0.15) is 11.5 Å². The Balaban J connectivity index is 1.88. The number of aryl methyl sites for hydroxylation is 1. The summed E-state index contributed by atoms with van der Waals surface area (Å²) in [6.45, 7) is 1.74. The number of aromatic nitrogens is 2. The number of halogens is 1. The lowest BCUT2D eigenvalue weighted by molar-refractivity contribution is 0.103. The van der Waals surface area contributed by atoms with Crippen LogP contribution in [0.5, 0.6) is 0 Å². The Morgan fingerprint density at radius 1 is 1.12 bits per heavy atom. The SMILES string of the molecule is Cc1cnc(Nc2ccc(C#N)cc2)nc1C(=O)c1ccc(F)cc1. The van der Waals surface area contributed by atoms with Crippen LogP contribution in [0.3, 0.4) is 0 Å². The number of rotatable bonds is 4. The highest BCUT2D eigenvalue weighted by Gasteiger charge is 2.15. The van der Waals surface area contributed by atoms with Gasteiger partial charge in [0.2, 0.25) is 11.7 Å². The first-order chi connectivity index (χ1) is 12.1. The van der Waals surface area contributed by atoms with Crippen molar-refractivity contribution < 1.29 is 9.18 Å². The van der Waals surface area contributed by atoms with Crippen LogP contribution in [0.2, 0.25) is 0 Å². The van der Waals surface area contributed by atoms with Crippen LogP contribution in [0.1, 0.15) is 27.2 Å². The third-order valence-corrected chi connectivity index (χ3v) is 3.56. The third-order valence-electron chi connectivity index (χ3n) is 3.56. The number of carbonyl (C=O) groups is 1. The summed E-state index contributed by atoms with van der Waals surface area (Å²) in [6, 6.07) is 14.1. The number of benzene rings is 2. The lowest BCUT2D eigenvalue weighted by atomic mass is 10.1. The molecular weight excluding hydrogens is 319 g/mol. The molecule has 0 aliphatic heterocycles. The summed E-state index contributed by atoms with van der Waals surface area (Å²) in [5.74, 6) is -0.442. The number of nitriles is 1. The van der Waals surface area contributed by atoms with Gasteiger partial charge in [0.25, 0.3) is 0 Å². The molecule has 0 unspecified atom stereocenters. The molecule has 0 saturated carbocycles. The van der Waals surface area contributed by atoms with Crippen LogP contribution in [-0.4, -0.2) is 15.8 Å². The predicted molar refractivity (Wildman–Crippen MR) is 91.0 cm³/mol. The zero-order valence-corrected chi connectivity index (χ0v) is 13.3. The maximum absolute atomic E-state index is 13.0. The van der Waals surface area contributed by atoms with E-state index < -0.39 is 5.82 Å². The summed E-state index contributed by atoms with van der Waals surface area (Å²) in [6.07, 6.45) is 1.55. The van der Waals surface area contributed by atoms with Crippen molar-refractivity contribution >= 4 is 17.4 Å². The van der Waals surface area contributed by atoms with E-state index in [0.29, 0.717) is 22.4 Å². The van der Waals surface area contributed by atoms with Crippen molar-refractivity contribution in [2.24, 2.45) is 0 Å². The first kappa shape index (κ1) is 16.3. The van der Waals surface area contributed by atoms with Crippen LogP contribution in [0.15, 0.2) is 54.7 Å². The van der Waals surface area contributed by atoms with Gasteiger partial charge in [0.15, 0.2) is 0 Å². The maximum atomic E-state index is 13.0. The van der Waals surface area contributed by atoms with Gasteiger partial charge in [-0.25, -0.2) is 14.4 Å². The highest BCUT2D eigenvalue weighted by molar-refractivity contribution is 6.08. The van der Waals surface area contributed by atoms with Gasteiger partial charge in [0.05, 0.1) is 11.6 Å². The van der Waals surface area contributed by atoms with Crippen molar-refractivity contribution in [1.29, 1.82) is 5.26 Å². The first-order valence-corrected chi connectivity index (χ1v) is 7.48. The molecule has 0 fully saturated rings. The minimum absolute atomic E-state index is 0.248. The summed E-state index contributed by atoms with van der Waals surface area (Å²) in [5.41, 5.74) is 2.47. The molecule has 2 aromatic carbocycles. The Morgan fingerprint density at radius 3 is 2.44 bits per heavy atom. The summed E-state index contributed by atoms with van der Waals surface area (Å²) in [4.78, 5) is 21.0. The average Bonchev–Trinajstić information content (AvgIpc) is 2.64. The van der Waals surface area contributed by atoms with Gasteiger partial charge in [-0.05, 0) is 61.0 Å². The summed E-state index contributed by atoms with van der Waals surface area (Å²) >= 11 is 0. The van der Waals surface area contributed by atoms with Crippen molar-refractivity contribution in [2.45, 2.75) is 6.92 Å². The third kappa shape index (κ3) is 3.67. The Hall–Kier alpha value is -3.59. The van der Waals surface area contributed by atoms with E-state index in [1.807, 2.05) is 6.07 Å². The van der Waals surface area contributed by atoms with Crippen LogP contribution in [0.4, 0.5) is 16.0 Å². The van der Waals surface area contributed by atoms with Gasteiger partial charge >= 0.3 is 0 Å². The molecule has 122 valence electrons. The number of ketones is 1. The van der Waals surface area contributed by atoms with Crippen molar-refractivity contribution in [3.63, 3.8) is 0 Å². The highest BCUT2D eigenvalue weighted by Crippen LogP contribution is 2.17. The number of hydrogen-bond acceptors (Lipinski definition) is 5. The Kier molecular flexibility index (Phi) is 4.48. The van der Waals surface area contributed by atoms with Crippen LogP contribution in [0, 0.1) is 24.1 Å². The van der Waals surface area contributed by atoms with Gasteiger partial charge in [-0.15, -0.1) is 0 Å². The molecule has 1 N–H and O–H groups in total. The molecule has 5 nitrogen and oxygen atoms in total. The number of nitrogens with zero attached hydrogens (tertiary/aromatic N) is 3. The van der Waals surface area contributed by atoms with Gasteiger partial charge in [0, 0.05) is 17.4 Å². The number of nitrogens with one attached hydrogen (secondary N) is 1. The van der Waals surface area contributed by atoms with E-state index in [9.17, 15) is 9.18 Å². The number of carbonyl (C=O) groups excluding carboxylic acids is 1. The minimum Gasteiger partial charge on any atom is -0.324 e. The fraction of sp³-hybridized carbons (Fsp3) is 0.0526. The van der Waals surface area contributed by atoms with Crippen molar-refractivity contribution in [3.05, 3.63) is 82.9 Å². The van der Waals surface area contributed by atoms with Crippen LogP contribution < -0.4 is 5.32 Å². The molecule has 0 atom stereocenters. The predicted octanol–water partition coefficient (Wildman–Crippen LogP) is 3.77. The Labute approximate surface area is 143 Å². The summed E-state index contributed by atoms with van der Waals surface area (Å²) in [7, 11) is 0. The molecule has 0 saturated heterocycles. The maximum Gasteiger partial charge on any atom is 0.227 e. The molecule has 0 radical (unpaired) electrons. The minimum atomic E-state index is -0.404. The molecule has 25 heavy (non-hydrogen) atoms. The lowest BCUT2D eigenvalue weighted by Gasteiger charge is -2.08. The van der Waals surface area contributed by atoms with E-state index in [1.54, 1.807) is 37.4 Å². The number of hydrogen-bond donors (Lipinski definition) is 1. The van der Waals surface area contributed by atoms with Crippen LogP contribution >= 0.6 is 0 Å². The van der Waals surface area contributed by atoms with Crippen molar-refractivity contribution in [1.82, 2.24) is 9.97 Å². The normalized spacial score (nSPS) is 10.1. The van der Waals surface area contributed by atoms with Crippen molar-refractivity contribution in [3.8, 4) is 6.07 Å². The van der Waals surface area contributed by atoms with Crippen LogP contribution in [0.25, 0.3) is 0 Å². The average molecular weight is 332 g/mol. The van der Waals surface area contributed by atoms with E-state index >= 15 is 0 Å². The second kappa shape index (κ2) is 6.89. The molecular formula is C19H13FN4O. The molecule has 0 spiro atoms. The zero-order valence-electron chi connectivity index (χ0n) is 13.3. The zero-order chi connectivity index (χ0) is 17.8. The quantitative estimate of drug-likeness (QED) is 0.736. The smallest absolute Gasteiger partial charge is 0.227 e. The number of anilines is 2. The molecule has 1 aromatic heterocycles. The fourth-order valence-electron chi connectivity index (χ4n) is 2.23. The molecule has 0 amide bonds. The summed E-state index contributed by atoms with van der Waals surface area (Å²) < 4.78 is 13.0. The molecule has 3 aromatic rings. The van der Waals surface area contributed by atoms with Crippen molar-refractivity contribution in [2.75, 3.05) is 5.32 Å². The van der Waals surface area contributed by atoms with Gasteiger partial charge in [-0.2, -0.15) is 5.26 Å². The van der Waals surface area contributed by atoms with Crippen LogP contribution in [-0.2, 0) is 0 Å². The second-order valence-corrected chi connectivity index (χ2v) is 5.38. The second-order valence-electron chi connectivity index (χ2n) is 5.38. The van der Waals surface area contributed by atoms with E-state index in [0.717, 1.165) is 0 Å². The van der Waals surface area contributed by atoms with Gasteiger partial charge in [-0.3, -0.25) is 4.79 Å². The monoisotopic (exact) mass is 332 g/mol. The van der Waals surface area contributed by atoms with E-state index in [4.69, 9.17) is 5.26 Å². The van der Waals surface area contributed by atoms with Gasteiger partial charge in [-0.1, -0.05) is 0 Å². The highest BCUT2D eigenvalue weighted by atomic mass is 19.1. The van der Waals surface area contributed by atoms with Gasteiger partial charge < -0.3 is 5.32 Å². The van der Waals surface area contributed by atoms with E-state index in [1.165, 1.54) is 24.3 Å². The summed E-state index contributed by atoms with van der Waals surface area (Å²) in [5, 5.41) is 11.8. The standard InChI is InChI=1S/C19H13FN4O/c1-12-11-22-19(23-16-8-2-13(10-21)3-9-16)24-17(12)18(25)14-4-6-15(20)7-5-14/h2-9,11H,1H3,(H,22,23,24). The molecule has 6 heteroatoms. The Bertz CT molecular complexity index is 960. The van der Waals surface area contributed by atoms with E-state index in [-0.39, 0.29) is 17.4 Å². The molecule has 1 heterocycles. The first-order valence-electron chi connectivity index (χ1n) is 7.48. The molecule has 0 aliphatic rings. The molecule has 0 bridgehead atoms. The van der Waals surface area contributed by atoms with E-state index in [2.05, 4.69) is 15.3 Å².